The Morgan fingerprint density at radius 2 is 1.42 bits per heavy atom. The number of nitrogens with zero attached hydrogens (tertiary/aromatic N) is 2. The standard InChI is InChI=1S/C39H45N3O3/c1-28-8-7-9-29(2)37(28)38(43)40-23-20-30(3)41-24-21-36(22-25-41)42(27-33-10-5-4-6-11-33)35-18-14-32(15-19-35)26-31-12-16-34(17-13-31)39(44)45/h4-19,30,36H,20-27H2,1-3H3,(H,40,43)(H,44,45). The monoisotopic (exact) mass is 603 g/mol. The van der Waals surface area contributed by atoms with Crippen LogP contribution in [0.3, 0.4) is 0 Å². The van der Waals surface area contributed by atoms with Gasteiger partial charge in [-0.15, -0.1) is 0 Å². The summed E-state index contributed by atoms with van der Waals surface area (Å²) in [6, 6.07) is 33.5. The number of rotatable bonds is 12. The van der Waals surface area contributed by atoms with Crippen molar-refractivity contribution in [1.82, 2.24) is 10.2 Å². The number of anilines is 1. The molecule has 6 heteroatoms. The van der Waals surface area contributed by atoms with Gasteiger partial charge in [-0.1, -0.05) is 72.8 Å². The van der Waals surface area contributed by atoms with Crippen LogP contribution in [0, 0.1) is 13.8 Å². The van der Waals surface area contributed by atoms with E-state index in [0.717, 1.165) is 67.6 Å². The fraction of sp³-hybridized carbons (Fsp3) is 0.333. The summed E-state index contributed by atoms with van der Waals surface area (Å²) in [5, 5.41) is 12.3. The predicted molar refractivity (Wildman–Crippen MR) is 182 cm³/mol. The van der Waals surface area contributed by atoms with Crippen LogP contribution in [0.2, 0.25) is 0 Å². The minimum Gasteiger partial charge on any atom is -0.478 e. The first kappa shape index (κ1) is 32.0. The minimum absolute atomic E-state index is 0.0233. The summed E-state index contributed by atoms with van der Waals surface area (Å²) >= 11 is 0. The molecule has 4 aromatic carbocycles. The summed E-state index contributed by atoms with van der Waals surface area (Å²) in [5.41, 5.74) is 7.97. The van der Waals surface area contributed by atoms with Gasteiger partial charge in [0.2, 0.25) is 0 Å². The van der Waals surface area contributed by atoms with Crippen LogP contribution in [0.4, 0.5) is 5.69 Å². The number of piperidine rings is 1. The molecule has 1 heterocycles. The van der Waals surface area contributed by atoms with Crippen molar-refractivity contribution in [2.24, 2.45) is 0 Å². The molecular formula is C39H45N3O3. The minimum atomic E-state index is -0.901. The van der Waals surface area contributed by atoms with E-state index in [1.807, 2.05) is 44.2 Å². The summed E-state index contributed by atoms with van der Waals surface area (Å²) in [6.07, 6.45) is 3.86. The van der Waals surface area contributed by atoms with E-state index in [1.165, 1.54) is 16.8 Å². The van der Waals surface area contributed by atoms with Gasteiger partial charge in [0.15, 0.2) is 0 Å². The molecule has 4 aromatic rings. The Labute approximate surface area is 267 Å². The maximum Gasteiger partial charge on any atom is 0.335 e. The first-order chi connectivity index (χ1) is 21.8. The van der Waals surface area contributed by atoms with Crippen LogP contribution >= 0.6 is 0 Å². The molecule has 0 aliphatic carbocycles. The topological polar surface area (TPSA) is 72.9 Å². The van der Waals surface area contributed by atoms with E-state index in [-0.39, 0.29) is 5.91 Å². The van der Waals surface area contributed by atoms with Gasteiger partial charge in [-0.3, -0.25) is 4.79 Å². The van der Waals surface area contributed by atoms with Crippen LogP contribution in [0.1, 0.15) is 74.7 Å². The molecule has 1 unspecified atom stereocenters. The highest BCUT2D eigenvalue weighted by atomic mass is 16.4. The van der Waals surface area contributed by atoms with Crippen LogP contribution in [0.5, 0.6) is 0 Å². The van der Waals surface area contributed by atoms with E-state index >= 15 is 0 Å². The van der Waals surface area contributed by atoms with Gasteiger partial charge in [0.05, 0.1) is 5.56 Å². The van der Waals surface area contributed by atoms with Crippen LogP contribution < -0.4 is 10.2 Å². The molecule has 45 heavy (non-hydrogen) atoms. The number of carboxylic acids is 1. The van der Waals surface area contributed by atoms with E-state index in [2.05, 4.69) is 76.6 Å². The second kappa shape index (κ2) is 15.0. The van der Waals surface area contributed by atoms with Crippen molar-refractivity contribution in [2.45, 2.75) is 65.1 Å². The highest BCUT2D eigenvalue weighted by Gasteiger charge is 2.27. The zero-order chi connectivity index (χ0) is 31.8. The van der Waals surface area contributed by atoms with Gasteiger partial charge in [-0.2, -0.15) is 0 Å². The zero-order valence-corrected chi connectivity index (χ0v) is 26.7. The number of likely N-dealkylation sites (tertiary alicyclic amines) is 1. The Hall–Kier alpha value is -4.42. The van der Waals surface area contributed by atoms with E-state index in [4.69, 9.17) is 0 Å². The van der Waals surface area contributed by atoms with E-state index < -0.39 is 5.97 Å². The normalized spacial score (nSPS) is 14.6. The van der Waals surface area contributed by atoms with Crippen molar-refractivity contribution in [3.8, 4) is 0 Å². The molecule has 1 fully saturated rings. The summed E-state index contributed by atoms with van der Waals surface area (Å²) < 4.78 is 0. The van der Waals surface area contributed by atoms with Crippen molar-refractivity contribution in [3.63, 3.8) is 0 Å². The molecular weight excluding hydrogens is 558 g/mol. The van der Waals surface area contributed by atoms with Crippen molar-refractivity contribution in [3.05, 3.63) is 136 Å². The molecule has 0 aromatic heterocycles. The Morgan fingerprint density at radius 3 is 2.02 bits per heavy atom. The van der Waals surface area contributed by atoms with E-state index in [0.29, 0.717) is 24.2 Å². The van der Waals surface area contributed by atoms with Crippen LogP contribution in [0.25, 0.3) is 0 Å². The summed E-state index contributed by atoms with van der Waals surface area (Å²) in [7, 11) is 0. The lowest BCUT2D eigenvalue weighted by Gasteiger charge is -2.42. The number of carbonyl (C=O) groups is 2. The van der Waals surface area contributed by atoms with Gasteiger partial charge in [0, 0.05) is 49.5 Å². The molecule has 1 aliphatic heterocycles. The third-order valence-corrected chi connectivity index (χ3v) is 9.19. The third kappa shape index (κ3) is 8.40. The molecule has 0 spiro atoms. The summed E-state index contributed by atoms with van der Waals surface area (Å²) in [6.45, 7) is 9.87. The number of carboxylic acid groups (broad SMARTS) is 1. The second-order valence-electron chi connectivity index (χ2n) is 12.4. The van der Waals surface area contributed by atoms with Crippen molar-refractivity contribution in [2.75, 3.05) is 24.5 Å². The second-order valence-corrected chi connectivity index (χ2v) is 12.4. The maximum absolute atomic E-state index is 12.8. The quantitative estimate of drug-likeness (QED) is 0.178. The van der Waals surface area contributed by atoms with Gasteiger partial charge >= 0.3 is 5.97 Å². The first-order valence-corrected chi connectivity index (χ1v) is 16.1. The molecule has 1 amide bonds. The number of aromatic carboxylic acids is 1. The van der Waals surface area contributed by atoms with Gasteiger partial charge in [0.25, 0.3) is 5.91 Å². The molecule has 1 atom stereocenters. The van der Waals surface area contributed by atoms with Crippen LogP contribution in [0.15, 0.2) is 97.1 Å². The lowest BCUT2D eigenvalue weighted by Crippen LogP contribution is -2.48. The van der Waals surface area contributed by atoms with Gasteiger partial charge < -0.3 is 20.2 Å². The lowest BCUT2D eigenvalue weighted by molar-refractivity contribution is 0.0696. The largest absolute Gasteiger partial charge is 0.478 e. The van der Waals surface area contributed by atoms with Crippen LogP contribution in [-0.4, -0.2) is 53.6 Å². The molecule has 5 rings (SSSR count). The molecule has 234 valence electrons. The predicted octanol–water partition coefficient (Wildman–Crippen LogP) is 7.27. The number of benzene rings is 4. The van der Waals surface area contributed by atoms with E-state index in [1.54, 1.807) is 12.1 Å². The highest BCUT2D eigenvalue weighted by Crippen LogP contribution is 2.28. The average molecular weight is 604 g/mol. The molecule has 1 saturated heterocycles. The molecule has 0 bridgehead atoms. The van der Waals surface area contributed by atoms with Crippen molar-refractivity contribution in [1.29, 1.82) is 0 Å². The Bertz CT molecular complexity index is 1540. The highest BCUT2D eigenvalue weighted by molar-refractivity contribution is 5.97. The summed E-state index contributed by atoms with van der Waals surface area (Å²) in [5.74, 6) is -0.877. The molecule has 1 aliphatic rings. The first-order valence-electron chi connectivity index (χ1n) is 16.1. The summed E-state index contributed by atoms with van der Waals surface area (Å²) in [4.78, 5) is 29.2. The van der Waals surface area contributed by atoms with Crippen LogP contribution in [-0.2, 0) is 13.0 Å². The Balaban J connectivity index is 1.18. The number of amides is 1. The fourth-order valence-electron chi connectivity index (χ4n) is 6.49. The van der Waals surface area contributed by atoms with E-state index in [9.17, 15) is 14.7 Å². The number of hydrogen-bond acceptors (Lipinski definition) is 4. The lowest BCUT2D eigenvalue weighted by atomic mass is 9.98. The smallest absolute Gasteiger partial charge is 0.335 e. The molecule has 0 saturated carbocycles. The number of carbonyl (C=O) groups excluding carboxylic acids is 1. The number of hydrogen-bond donors (Lipinski definition) is 2. The Kier molecular flexibility index (Phi) is 10.7. The number of nitrogens with one attached hydrogen (secondary N) is 1. The SMILES string of the molecule is Cc1cccc(C)c1C(=O)NCCC(C)N1CCC(N(Cc2ccccc2)c2ccc(Cc3ccc(C(=O)O)cc3)cc2)CC1. The van der Waals surface area contributed by atoms with Gasteiger partial charge in [0.1, 0.15) is 0 Å². The van der Waals surface area contributed by atoms with Crippen molar-refractivity contribution >= 4 is 17.6 Å². The fourth-order valence-corrected chi connectivity index (χ4v) is 6.49. The number of aryl methyl sites for hydroxylation is 2. The maximum atomic E-state index is 12.8. The van der Waals surface area contributed by atoms with Gasteiger partial charge in [-0.05, 0) is 98.5 Å². The van der Waals surface area contributed by atoms with Gasteiger partial charge in [-0.25, -0.2) is 4.79 Å². The zero-order valence-electron chi connectivity index (χ0n) is 26.7. The molecule has 2 N–H and O–H groups in total. The molecule has 6 nitrogen and oxygen atoms in total. The van der Waals surface area contributed by atoms with Crippen molar-refractivity contribution < 1.29 is 14.7 Å². The average Bonchev–Trinajstić information content (AvgIpc) is 3.05. The molecule has 0 radical (unpaired) electrons. The Morgan fingerprint density at radius 1 is 0.822 bits per heavy atom. The third-order valence-electron chi connectivity index (χ3n) is 9.19.